The number of carbonyl (C=O) groups excluding carboxylic acids is 2. The number of aryl methyl sites for hydroxylation is 2. The summed E-state index contributed by atoms with van der Waals surface area (Å²) in [6, 6.07) is 26.9. The van der Waals surface area contributed by atoms with Crippen molar-refractivity contribution in [3.05, 3.63) is 125 Å². The van der Waals surface area contributed by atoms with Crippen molar-refractivity contribution in [3.8, 4) is 11.1 Å². The third-order valence-electron chi connectivity index (χ3n) is 8.50. The summed E-state index contributed by atoms with van der Waals surface area (Å²) < 4.78 is 2.15. The first kappa shape index (κ1) is 35.5. The number of aromatic carboxylic acids is 1. The molecule has 0 fully saturated rings. The van der Waals surface area contributed by atoms with Crippen LogP contribution < -0.4 is 11.1 Å². The summed E-state index contributed by atoms with van der Waals surface area (Å²) >= 11 is 1.02. The summed E-state index contributed by atoms with van der Waals surface area (Å²) in [7, 11) is 0. The highest BCUT2D eigenvalue weighted by Crippen LogP contribution is 2.27. The van der Waals surface area contributed by atoms with Crippen LogP contribution in [-0.2, 0) is 24.2 Å². The molecule has 1 unspecified atom stereocenters. The zero-order chi connectivity index (χ0) is 35.1. The molecule has 0 bridgehead atoms. The molecular formula is C39H42N4O5S. The van der Waals surface area contributed by atoms with E-state index in [1.807, 2.05) is 85.8 Å². The average Bonchev–Trinajstić information content (AvgIpc) is 3.44. The van der Waals surface area contributed by atoms with Gasteiger partial charge in [0.2, 0.25) is 5.12 Å². The van der Waals surface area contributed by atoms with Crippen LogP contribution >= 0.6 is 11.8 Å². The number of carbonyl (C=O) groups is 3. The standard InChI is InChI=1S/C39H42N4O5S/c1-4-10-34-42-36-24(2)19-29(37(45)41-30(20-26-11-6-5-7-12-26)23-49-39(48)35(40)25(3)44)21-33(36)43(34)22-27-15-17-28(18-16-27)31-13-8-9-14-32(31)38(46)47/h5-9,11-19,21,25,30,35,44H,4,10,20,22-23,40H2,1-3H3,(H,41,45)(H,46,47)/t25?,30-,35+/m1/s1. The Balaban J connectivity index is 1.42. The van der Waals surface area contributed by atoms with Crippen LogP contribution in [0.1, 0.15) is 63.5 Å². The molecule has 254 valence electrons. The van der Waals surface area contributed by atoms with Crippen LogP contribution in [0, 0.1) is 6.92 Å². The van der Waals surface area contributed by atoms with Crippen LogP contribution in [0.3, 0.4) is 0 Å². The Labute approximate surface area is 290 Å². The predicted octanol–water partition coefficient (Wildman–Crippen LogP) is 6.02. The Morgan fingerprint density at radius 1 is 0.959 bits per heavy atom. The molecule has 10 heteroatoms. The van der Waals surface area contributed by atoms with E-state index in [2.05, 4.69) is 16.8 Å². The molecule has 1 heterocycles. The lowest BCUT2D eigenvalue weighted by atomic mass is 9.98. The Morgan fingerprint density at radius 2 is 1.65 bits per heavy atom. The number of nitrogens with one attached hydrogen (secondary N) is 1. The number of aliphatic hydroxyl groups is 1. The van der Waals surface area contributed by atoms with Gasteiger partial charge in [0.05, 0.1) is 22.7 Å². The maximum absolute atomic E-state index is 13.8. The van der Waals surface area contributed by atoms with Gasteiger partial charge in [-0.25, -0.2) is 9.78 Å². The van der Waals surface area contributed by atoms with Crippen LogP contribution in [0.25, 0.3) is 22.2 Å². The minimum atomic E-state index is -1.00. The summed E-state index contributed by atoms with van der Waals surface area (Å²) in [5, 5.41) is 22.3. The fraction of sp³-hybridized carbons (Fsp3) is 0.282. The summed E-state index contributed by atoms with van der Waals surface area (Å²) in [4.78, 5) is 43.2. The number of rotatable bonds is 14. The van der Waals surface area contributed by atoms with Crippen molar-refractivity contribution in [1.29, 1.82) is 0 Å². The van der Waals surface area contributed by atoms with Gasteiger partial charge >= 0.3 is 5.97 Å². The van der Waals surface area contributed by atoms with E-state index in [0.29, 0.717) is 29.8 Å². The molecule has 0 saturated heterocycles. The highest BCUT2D eigenvalue weighted by molar-refractivity contribution is 8.13. The number of imidazole rings is 1. The Bertz CT molecular complexity index is 1940. The van der Waals surface area contributed by atoms with E-state index in [-0.39, 0.29) is 22.6 Å². The van der Waals surface area contributed by atoms with Gasteiger partial charge in [-0.1, -0.05) is 91.5 Å². The molecule has 9 nitrogen and oxygen atoms in total. The molecule has 0 aliphatic heterocycles. The maximum atomic E-state index is 13.8. The number of fused-ring (bicyclic) bond motifs is 1. The average molecular weight is 679 g/mol. The number of carboxylic acid groups (broad SMARTS) is 1. The minimum absolute atomic E-state index is 0.252. The third-order valence-corrected chi connectivity index (χ3v) is 9.63. The van der Waals surface area contributed by atoms with E-state index >= 15 is 0 Å². The lowest BCUT2D eigenvalue weighted by Gasteiger charge is -2.20. The van der Waals surface area contributed by atoms with Gasteiger partial charge in [0.25, 0.3) is 5.91 Å². The highest BCUT2D eigenvalue weighted by Gasteiger charge is 2.23. The first-order chi connectivity index (χ1) is 23.5. The molecule has 5 N–H and O–H groups in total. The number of amides is 1. The predicted molar refractivity (Wildman–Crippen MR) is 195 cm³/mol. The number of hydrogen-bond acceptors (Lipinski definition) is 7. The van der Waals surface area contributed by atoms with Gasteiger partial charge in [-0.15, -0.1) is 0 Å². The Morgan fingerprint density at radius 3 is 2.33 bits per heavy atom. The van der Waals surface area contributed by atoms with E-state index in [0.717, 1.165) is 63.7 Å². The topological polar surface area (TPSA) is 148 Å². The van der Waals surface area contributed by atoms with Crippen molar-refractivity contribution in [2.75, 3.05) is 5.75 Å². The van der Waals surface area contributed by atoms with Gasteiger partial charge in [0.1, 0.15) is 11.9 Å². The molecular weight excluding hydrogens is 637 g/mol. The molecule has 0 radical (unpaired) electrons. The number of benzene rings is 4. The van der Waals surface area contributed by atoms with Gasteiger partial charge in [-0.3, -0.25) is 9.59 Å². The Hall–Kier alpha value is -4.77. The molecule has 0 saturated carbocycles. The second kappa shape index (κ2) is 16.1. The molecule has 4 aromatic carbocycles. The van der Waals surface area contributed by atoms with Crippen molar-refractivity contribution in [2.24, 2.45) is 5.73 Å². The fourth-order valence-electron chi connectivity index (χ4n) is 5.85. The van der Waals surface area contributed by atoms with Crippen LogP contribution in [-0.4, -0.2) is 60.7 Å². The number of carboxylic acids is 1. The van der Waals surface area contributed by atoms with Gasteiger partial charge in [-0.05, 0) is 72.7 Å². The molecule has 0 aliphatic carbocycles. The van der Waals surface area contributed by atoms with Crippen molar-refractivity contribution >= 4 is 39.8 Å². The summed E-state index contributed by atoms with van der Waals surface area (Å²) in [5.74, 6) is -0.00920. The second-order valence-electron chi connectivity index (χ2n) is 12.3. The monoisotopic (exact) mass is 678 g/mol. The third kappa shape index (κ3) is 8.64. The molecule has 0 spiro atoms. The smallest absolute Gasteiger partial charge is 0.336 e. The molecule has 5 aromatic rings. The van der Waals surface area contributed by atoms with Crippen LogP contribution in [0.2, 0.25) is 0 Å². The van der Waals surface area contributed by atoms with E-state index in [1.165, 1.54) is 6.92 Å². The highest BCUT2D eigenvalue weighted by atomic mass is 32.2. The van der Waals surface area contributed by atoms with Crippen molar-refractivity contribution in [1.82, 2.24) is 14.9 Å². The summed E-state index contributed by atoms with van der Waals surface area (Å²) in [6.45, 7) is 6.07. The number of aromatic nitrogens is 2. The van der Waals surface area contributed by atoms with E-state index < -0.39 is 18.1 Å². The van der Waals surface area contributed by atoms with E-state index in [4.69, 9.17) is 10.7 Å². The van der Waals surface area contributed by atoms with Crippen LogP contribution in [0.4, 0.5) is 0 Å². The minimum Gasteiger partial charge on any atom is -0.478 e. The number of hydrogen-bond donors (Lipinski definition) is 4. The molecule has 3 atom stereocenters. The lowest BCUT2D eigenvalue weighted by molar-refractivity contribution is -0.114. The van der Waals surface area contributed by atoms with E-state index in [9.17, 15) is 24.6 Å². The van der Waals surface area contributed by atoms with Crippen molar-refractivity contribution in [3.63, 3.8) is 0 Å². The van der Waals surface area contributed by atoms with Gasteiger partial charge < -0.3 is 25.8 Å². The van der Waals surface area contributed by atoms with Crippen LogP contribution in [0.15, 0.2) is 91.0 Å². The molecule has 1 aromatic heterocycles. The first-order valence-corrected chi connectivity index (χ1v) is 17.4. The number of aliphatic hydroxyl groups excluding tert-OH is 1. The van der Waals surface area contributed by atoms with Crippen LogP contribution in [0.5, 0.6) is 0 Å². The SMILES string of the molecule is CCCc1nc2c(C)cc(C(=O)N[C@@H](CSC(=O)[C@@H](N)C(C)O)Cc3ccccc3)cc2n1Cc1ccc(-c2ccccc2C(=O)O)cc1. The van der Waals surface area contributed by atoms with Crippen molar-refractivity contribution in [2.45, 2.75) is 64.8 Å². The normalized spacial score (nSPS) is 13.2. The number of nitrogens with two attached hydrogens (primary N) is 1. The van der Waals surface area contributed by atoms with Gasteiger partial charge in [0.15, 0.2) is 0 Å². The lowest BCUT2D eigenvalue weighted by Crippen LogP contribution is -2.41. The zero-order valence-corrected chi connectivity index (χ0v) is 28.7. The van der Waals surface area contributed by atoms with Crippen molar-refractivity contribution < 1.29 is 24.6 Å². The molecule has 49 heavy (non-hydrogen) atoms. The van der Waals surface area contributed by atoms with Gasteiger partial charge in [-0.2, -0.15) is 0 Å². The van der Waals surface area contributed by atoms with E-state index in [1.54, 1.807) is 12.1 Å². The van der Waals surface area contributed by atoms with Gasteiger partial charge in [0, 0.05) is 30.3 Å². The quantitative estimate of drug-likeness (QED) is 0.112. The summed E-state index contributed by atoms with van der Waals surface area (Å²) in [6.07, 6.45) is 1.21. The molecule has 1 amide bonds. The maximum Gasteiger partial charge on any atom is 0.336 e. The fourth-order valence-corrected chi connectivity index (χ4v) is 6.81. The molecule has 5 rings (SSSR count). The number of thioether (sulfide) groups is 1. The first-order valence-electron chi connectivity index (χ1n) is 16.4. The molecule has 0 aliphatic rings. The Kier molecular flexibility index (Phi) is 11.7. The zero-order valence-electron chi connectivity index (χ0n) is 27.9. The summed E-state index contributed by atoms with van der Waals surface area (Å²) in [5.41, 5.74) is 12.7. The number of nitrogens with zero attached hydrogens (tertiary/aromatic N) is 2. The second-order valence-corrected chi connectivity index (χ2v) is 13.4. The largest absolute Gasteiger partial charge is 0.478 e.